The van der Waals surface area contributed by atoms with Crippen molar-refractivity contribution in [1.29, 1.82) is 0 Å². The second-order valence-corrected chi connectivity index (χ2v) is 6.35. The molecule has 1 amide bonds. The first-order chi connectivity index (χ1) is 12.1. The van der Waals surface area contributed by atoms with Crippen molar-refractivity contribution in [3.63, 3.8) is 0 Å². The number of ether oxygens (including phenoxy) is 2. The molecule has 1 aliphatic rings. The van der Waals surface area contributed by atoms with E-state index in [4.69, 9.17) is 9.47 Å². The molecule has 1 atom stereocenters. The van der Waals surface area contributed by atoms with Crippen LogP contribution >= 0.6 is 12.4 Å². The fourth-order valence-electron chi connectivity index (χ4n) is 2.91. The second-order valence-electron chi connectivity index (χ2n) is 6.35. The highest BCUT2D eigenvalue weighted by atomic mass is 35.5. The van der Waals surface area contributed by atoms with Crippen molar-refractivity contribution in [2.75, 3.05) is 45.9 Å². The molecule has 2 rings (SSSR count). The van der Waals surface area contributed by atoms with Crippen LogP contribution in [0.5, 0.6) is 5.75 Å². The van der Waals surface area contributed by atoms with E-state index in [1.54, 1.807) is 4.90 Å². The Hall–Kier alpha value is -1.50. The highest BCUT2D eigenvalue weighted by molar-refractivity contribution is 5.85. The first-order valence-electron chi connectivity index (χ1n) is 9.16. The van der Waals surface area contributed by atoms with Gasteiger partial charge >= 0.3 is 6.09 Å². The van der Waals surface area contributed by atoms with Crippen LogP contribution in [0.2, 0.25) is 0 Å². The number of β-amino-alcohol motifs (C(OH)–C–C–N with tert-alkyl or cyclic N) is 1. The summed E-state index contributed by atoms with van der Waals surface area (Å²) < 4.78 is 10.7. The van der Waals surface area contributed by atoms with E-state index in [1.165, 1.54) is 5.56 Å². The van der Waals surface area contributed by atoms with Gasteiger partial charge in [0.05, 0.1) is 6.61 Å². The average molecular weight is 387 g/mol. The monoisotopic (exact) mass is 386 g/mol. The normalized spacial score (nSPS) is 15.9. The summed E-state index contributed by atoms with van der Waals surface area (Å²) >= 11 is 0. The Morgan fingerprint density at radius 3 is 2.38 bits per heavy atom. The van der Waals surface area contributed by atoms with Gasteiger partial charge < -0.3 is 19.5 Å². The lowest BCUT2D eigenvalue weighted by atomic mass is 10.1. The largest absolute Gasteiger partial charge is 0.491 e. The zero-order valence-electron chi connectivity index (χ0n) is 15.7. The summed E-state index contributed by atoms with van der Waals surface area (Å²) in [6.45, 7) is 7.92. The second kappa shape index (κ2) is 12.0. The number of amides is 1. The number of benzene rings is 1. The summed E-state index contributed by atoms with van der Waals surface area (Å²) in [6.07, 6.45) is 1.39. The number of aryl methyl sites for hydroxylation is 1. The minimum absolute atomic E-state index is 0. The number of aliphatic hydroxyl groups excluding tert-OH is 1. The van der Waals surface area contributed by atoms with Crippen molar-refractivity contribution < 1.29 is 19.4 Å². The fourth-order valence-corrected chi connectivity index (χ4v) is 2.91. The Labute approximate surface area is 162 Å². The molecular weight excluding hydrogens is 356 g/mol. The third kappa shape index (κ3) is 7.40. The highest BCUT2D eigenvalue weighted by Crippen LogP contribution is 2.14. The van der Waals surface area contributed by atoms with E-state index in [2.05, 4.69) is 24.0 Å². The lowest BCUT2D eigenvalue weighted by Gasteiger charge is -2.34. The SMILES string of the molecule is CCCc1ccc(OCC(O)CN2CCN(C(=O)OCC)CC2)cc1.Cl. The Morgan fingerprint density at radius 1 is 1.15 bits per heavy atom. The van der Waals surface area contributed by atoms with Gasteiger partial charge in [0, 0.05) is 32.7 Å². The topological polar surface area (TPSA) is 62.2 Å². The number of halogens is 1. The number of rotatable bonds is 8. The summed E-state index contributed by atoms with van der Waals surface area (Å²) in [4.78, 5) is 15.5. The maximum Gasteiger partial charge on any atom is 0.409 e. The molecule has 0 saturated carbocycles. The van der Waals surface area contributed by atoms with Gasteiger partial charge in [-0.3, -0.25) is 4.90 Å². The molecule has 1 saturated heterocycles. The Morgan fingerprint density at radius 2 is 1.81 bits per heavy atom. The van der Waals surface area contributed by atoms with E-state index < -0.39 is 6.10 Å². The molecule has 6 nitrogen and oxygen atoms in total. The van der Waals surface area contributed by atoms with Gasteiger partial charge in [-0.15, -0.1) is 12.4 Å². The Bertz CT molecular complexity index is 519. The van der Waals surface area contributed by atoms with Crippen LogP contribution in [0, 0.1) is 0 Å². The number of hydrogen-bond acceptors (Lipinski definition) is 5. The molecule has 0 aliphatic carbocycles. The van der Waals surface area contributed by atoms with Crippen molar-refractivity contribution in [3.05, 3.63) is 29.8 Å². The molecule has 148 valence electrons. The molecule has 1 N–H and O–H groups in total. The molecule has 1 aromatic rings. The van der Waals surface area contributed by atoms with Gasteiger partial charge in [-0.1, -0.05) is 25.5 Å². The van der Waals surface area contributed by atoms with E-state index in [0.29, 0.717) is 26.2 Å². The van der Waals surface area contributed by atoms with Gasteiger partial charge in [0.25, 0.3) is 0 Å². The van der Waals surface area contributed by atoms with Gasteiger partial charge in [-0.05, 0) is 31.0 Å². The summed E-state index contributed by atoms with van der Waals surface area (Å²) in [5, 5.41) is 10.2. The first kappa shape index (κ1) is 22.5. The van der Waals surface area contributed by atoms with Gasteiger partial charge in [0.1, 0.15) is 18.5 Å². The van der Waals surface area contributed by atoms with Crippen LogP contribution in [0.15, 0.2) is 24.3 Å². The van der Waals surface area contributed by atoms with Crippen molar-refractivity contribution in [3.8, 4) is 5.75 Å². The maximum absolute atomic E-state index is 11.7. The van der Waals surface area contributed by atoms with Crippen LogP contribution in [0.3, 0.4) is 0 Å². The number of aliphatic hydroxyl groups is 1. The van der Waals surface area contributed by atoms with Gasteiger partial charge in [0.2, 0.25) is 0 Å². The number of carbonyl (C=O) groups is 1. The van der Waals surface area contributed by atoms with E-state index in [0.717, 1.165) is 31.7 Å². The summed E-state index contributed by atoms with van der Waals surface area (Å²) in [5.41, 5.74) is 1.30. The van der Waals surface area contributed by atoms with Crippen molar-refractivity contribution >= 4 is 18.5 Å². The van der Waals surface area contributed by atoms with E-state index in [-0.39, 0.29) is 25.1 Å². The molecule has 0 aromatic heterocycles. The number of nitrogens with zero attached hydrogens (tertiary/aromatic N) is 2. The molecule has 0 radical (unpaired) electrons. The summed E-state index contributed by atoms with van der Waals surface area (Å²) in [6, 6.07) is 8.05. The summed E-state index contributed by atoms with van der Waals surface area (Å²) in [5.74, 6) is 0.783. The molecule has 1 aliphatic heterocycles. The summed E-state index contributed by atoms with van der Waals surface area (Å²) in [7, 11) is 0. The van der Waals surface area contributed by atoms with Crippen molar-refractivity contribution in [2.24, 2.45) is 0 Å². The van der Waals surface area contributed by atoms with Crippen LogP contribution in [0.1, 0.15) is 25.8 Å². The molecule has 1 heterocycles. The Kier molecular flexibility index (Phi) is 10.4. The van der Waals surface area contributed by atoms with Crippen LogP contribution in [-0.4, -0.2) is 73.0 Å². The van der Waals surface area contributed by atoms with Crippen LogP contribution in [-0.2, 0) is 11.2 Å². The molecule has 1 aromatic carbocycles. The van der Waals surface area contributed by atoms with E-state index in [9.17, 15) is 9.90 Å². The molecule has 7 heteroatoms. The Balaban J connectivity index is 0.00000338. The van der Waals surface area contributed by atoms with E-state index in [1.807, 2.05) is 19.1 Å². The molecule has 1 unspecified atom stereocenters. The lowest BCUT2D eigenvalue weighted by molar-refractivity contribution is 0.0408. The smallest absolute Gasteiger partial charge is 0.409 e. The van der Waals surface area contributed by atoms with Gasteiger partial charge in [-0.2, -0.15) is 0 Å². The molecule has 1 fully saturated rings. The zero-order valence-corrected chi connectivity index (χ0v) is 16.5. The lowest BCUT2D eigenvalue weighted by Crippen LogP contribution is -2.51. The quantitative estimate of drug-likeness (QED) is 0.744. The third-order valence-electron chi connectivity index (χ3n) is 4.27. The van der Waals surface area contributed by atoms with Gasteiger partial charge in [-0.25, -0.2) is 4.79 Å². The van der Waals surface area contributed by atoms with Crippen molar-refractivity contribution in [2.45, 2.75) is 32.8 Å². The minimum Gasteiger partial charge on any atom is -0.491 e. The maximum atomic E-state index is 11.7. The van der Waals surface area contributed by atoms with Gasteiger partial charge in [0.15, 0.2) is 0 Å². The number of hydrogen-bond donors (Lipinski definition) is 1. The van der Waals surface area contributed by atoms with Crippen LogP contribution in [0.25, 0.3) is 0 Å². The number of carbonyl (C=O) groups excluding carboxylic acids is 1. The van der Waals surface area contributed by atoms with E-state index >= 15 is 0 Å². The number of piperazine rings is 1. The minimum atomic E-state index is -0.551. The molecule has 0 bridgehead atoms. The molecule has 0 spiro atoms. The average Bonchev–Trinajstić information content (AvgIpc) is 2.62. The standard InChI is InChI=1S/C19H30N2O4.ClH/c1-3-5-16-6-8-18(9-7-16)25-15-17(22)14-20-10-12-21(13-11-20)19(23)24-4-2;/h6-9,17,22H,3-5,10-15H2,1-2H3;1H. The van der Waals surface area contributed by atoms with Crippen LogP contribution < -0.4 is 4.74 Å². The molecular formula is C19H31ClN2O4. The predicted molar refractivity (Wildman–Crippen MR) is 104 cm³/mol. The predicted octanol–water partition coefficient (Wildman–Crippen LogP) is 2.57. The molecule has 26 heavy (non-hydrogen) atoms. The van der Waals surface area contributed by atoms with Crippen LogP contribution in [0.4, 0.5) is 4.79 Å². The fraction of sp³-hybridized carbons (Fsp3) is 0.632. The van der Waals surface area contributed by atoms with Crippen molar-refractivity contribution in [1.82, 2.24) is 9.80 Å². The highest BCUT2D eigenvalue weighted by Gasteiger charge is 2.23. The first-order valence-corrected chi connectivity index (χ1v) is 9.16. The zero-order chi connectivity index (χ0) is 18.1. The third-order valence-corrected chi connectivity index (χ3v) is 4.27.